The lowest BCUT2D eigenvalue weighted by Gasteiger charge is -2.07. The van der Waals surface area contributed by atoms with Crippen LogP contribution in [0.3, 0.4) is 0 Å². The third-order valence-electron chi connectivity index (χ3n) is 2.35. The zero-order chi connectivity index (χ0) is 13.0. The van der Waals surface area contributed by atoms with Gasteiger partial charge in [0, 0.05) is 18.1 Å². The van der Waals surface area contributed by atoms with Crippen molar-refractivity contribution in [3.8, 4) is 5.75 Å². The van der Waals surface area contributed by atoms with Crippen LogP contribution in [0.5, 0.6) is 5.75 Å². The summed E-state index contributed by atoms with van der Waals surface area (Å²) in [5.74, 6) is 0.575. The third-order valence-corrected chi connectivity index (χ3v) is 2.67. The van der Waals surface area contributed by atoms with Crippen LogP contribution in [-0.2, 0) is 11.3 Å². The van der Waals surface area contributed by atoms with Gasteiger partial charge in [-0.25, -0.2) is 4.98 Å². The SMILES string of the molecule is COc1ccc(NC(=O)Cn2ccnc2Cl)cc1. The summed E-state index contributed by atoms with van der Waals surface area (Å²) in [5, 5.41) is 3.05. The van der Waals surface area contributed by atoms with E-state index in [0.29, 0.717) is 11.0 Å². The molecular weight excluding hydrogens is 254 g/mol. The summed E-state index contributed by atoms with van der Waals surface area (Å²) in [6.45, 7) is 0.130. The molecule has 0 spiro atoms. The fraction of sp³-hybridized carbons (Fsp3) is 0.167. The molecule has 6 heteroatoms. The van der Waals surface area contributed by atoms with Gasteiger partial charge in [-0.1, -0.05) is 0 Å². The number of carbonyl (C=O) groups excluding carboxylic acids is 1. The van der Waals surface area contributed by atoms with Gasteiger partial charge in [0.15, 0.2) is 0 Å². The van der Waals surface area contributed by atoms with Gasteiger partial charge in [-0.05, 0) is 35.9 Å². The smallest absolute Gasteiger partial charge is 0.244 e. The second-order valence-electron chi connectivity index (χ2n) is 3.60. The van der Waals surface area contributed by atoms with Gasteiger partial charge in [0.2, 0.25) is 11.2 Å². The first-order valence-electron chi connectivity index (χ1n) is 5.29. The lowest BCUT2D eigenvalue weighted by atomic mass is 10.3. The molecule has 5 nitrogen and oxygen atoms in total. The van der Waals surface area contributed by atoms with Crippen molar-refractivity contribution in [1.29, 1.82) is 0 Å². The highest BCUT2D eigenvalue weighted by molar-refractivity contribution is 6.28. The Labute approximate surface area is 109 Å². The third kappa shape index (κ3) is 3.01. The number of imidazole rings is 1. The predicted octanol–water partition coefficient (Wildman–Crippen LogP) is 2.18. The van der Waals surface area contributed by atoms with Crippen LogP contribution in [0, 0.1) is 0 Å². The molecule has 94 valence electrons. The number of hydrogen-bond donors (Lipinski definition) is 1. The van der Waals surface area contributed by atoms with Crippen molar-refractivity contribution < 1.29 is 9.53 Å². The number of anilines is 1. The van der Waals surface area contributed by atoms with Gasteiger partial charge in [0.1, 0.15) is 12.3 Å². The molecule has 18 heavy (non-hydrogen) atoms. The quantitative estimate of drug-likeness (QED) is 0.922. The van der Waals surface area contributed by atoms with E-state index in [4.69, 9.17) is 16.3 Å². The van der Waals surface area contributed by atoms with E-state index >= 15 is 0 Å². The molecule has 1 aromatic carbocycles. The van der Waals surface area contributed by atoms with Crippen molar-refractivity contribution in [2.45, 2.75) is 6.54 Å². The molecule has 0 aliphatic rings. The van der Waals surface area contributed by atoms with E-state index in [1.807, 2.05) is 0 Å². The Hall–Kier alpha value is -2.01. The Morgan fingerprint density at radius 3 is 2.72 bits per heavy atom. The van der Waals surface area contributed by atoms with Gasteiger partial charge in [-0.3, -0.25) is 4.79 Å². The molecule has 2 rings (SSSR count). The van der Waals surface area contributed by atoms with Crippen LogP contribution in [0.4, 0.5) is 5.69 Å². The molecule has 0 aliphatic carbocycles. The zero-order valence-corrected chi connectivity index (χ0v) is 10.5. The highest BCUT2D eigenvalue weighted by Crippen LogP contribution is 2.15. The van der Waals surface area contributed by atoms with Crippen LogP contribution in [-0.4, -0.2) is 22.6 Å². The van der Waals surface area contributed by atoms with E-state index in [1.165, 1.54) is 0 Å². The van der Waals surface area contributed by atoms with Crippen LogP contribution in [0.15, 0.2) is 36.7 Å². The molecule has 0 bridgehead atoms. The molecule has 1 N–H and O–H groups in total. The number of nitrogens with one attached hydrogen (secondary N) is 1. The van der Waals surface area contributed by atoms with E-state index < -0.39 is 0 Å². The summed E-state index contributed by atoms with van der Waals surface area (Å²) in [5.41, 5.74) is 0.706. The number of halogens is 1. The van der Waals surface area contributed by atoms with Crippen molar-refractivity contribution in [3.05, 3.63) is 41.9 Å². The van der Waals surface area contributed by atoms with E-state index in [-0.39, 0.29) is 12.5 Å². The summed E-state index contributed by atoms with van der Waals surface area (Å²) < 4.78 is 6.59. The molecule has 0 radical (unpaired) electrons. The van der Waals surface area contributed by atoms with Crippen molar-refractivity contribution in [2.24, 2.45) is 0 Å². The van der Waals surface area contributed by atoms with Crippen LogP contribution in [0.25, 0.3) is 0 Å². The van der Waals surface area contributed by atoms with Gasteiger partial charge < -0.3 is 14.6 Å². The lowest BCUT2D eigenvalue weighted by molar-refractivity contribution is -0.116. The second-order valence-corrected chi connectivity index (χ2v) is 3.94. The van der Waals surface area contributed by atoms with E-state index in [9.17, 15) is 4.79 Å². The predicted molar refractivity (Wildman–Crippen MR) is 68.9 cm³/mol. The van der Waals surface area contributed by atoms with Crippen molar-refractivity contribution in [1.82, 2.24) is 9.55 Å². The van der Waals surface area contributed by atoms with Gasteiger partial charge in [-0.2, -0.15) is 0 Å². The highest BCUT2D eigenvalue weighted by Gasteiger charge is 2.06. The number of carbonyl (C=O) groups is 1. The van der Waals surface area contributed by atoms with Crippen LogP contribution < -0.4 is 10.1 Å². The minimum atomic E-state index is -0.167. The van der Waals surface area contributed by atoms with Crippen LogP contribution in [0.1, 0.15) is 0 Å². The van der Waals surface area contributed by atoms with Crippen molar-refractivity contribution in [2.75, 3.05) is 12.4 Å². The number of rotatable bonds is 4. The molecule has 0 aliphatic heterocycles. The van der Waals surface area contributed by atoms with Gasteiger partial charge in [-0.15, -0.1) is 0 Å². The van der Waals surface area contributed by atoms with Gasteiger partial charge in [0.25, 0.3) is 0 Å². The largest absolute Gasteiger partial charge is 0.497 e. The van der Waals surface area contributed by atoms with Crippen LogP contribution in [0.2, 0.25) is 5.28 Å². The first-order valence-corrected chi connectivity index (χ1v) is 5.67. The molecule has 1 heterocycles. The maximum atomic E-state index is 11.7. The Morgan fingerprint density at radius 1 is 1.44 bits per heavy atom. The molecule has 1 amide bonds. The van der Waals surface area contributed by atoms with E-state index in [2.05, 4.69) is 10.3 Å². The minimum Gasteiger partial charge on any atom is -0.497 e. The number of benzene rings is 1. The molecule has 0 fully saturated rings. The van der Waals surface area contributed by atoms with Crippen molar-refractivity contribution >= 4 is 23.2 Å². The maximum absolute atomic E-state index is 11.7. The molecule has 0 saturated heterocycles. The number of hydrogen-bond acceptors (Lipinski definition) is 3. The molecule has 1 aromatic heterocycles. The molecule has 0 atom stereocenters. The fourth-order valence-corrected chi connectivity index (χ4v) is 1.63. The lowest BCUT2D eigenvalue weighted by Crippen LogP contribution is -2.18. The first kappa shape index (κ1) is 12.4. The summed E-state index contributed by atoms with van der Waals surface area (Å²) in [4.78, 5) is 15.6. The highest BCUT2D eigenvalue weighted by atomic mass is 35.5. The van der Waals surface area contributed by atoms with Gasteiger partial charge in [0.05, 0.1) is 7.11 Å². The van der Waals surface area contributed by atoms with Crippen LogP contribution >= 0.6 is 11.6 Å². The van der Waals surface area contributed by atoms with Gasteiger partial charge >= 0.3 is 0 Å². The maximum Gasteiger partial charge on any atom is 0.244 e. The minimum absolute atomic E-state index is 0.130. The number of ether oxygens (including phenoxy) is 1. The average molecular weight is 266 g/mol. The van der Waals surface area contributed by atoms with E-state index in [0.717, 1.165) is 5.75 Å². The Bertz CT molecular complexity index is 537. The monoisotopic (exact) mass is 265 g/mol. The molecule has 0 saturated carbocycles. The number of methoxy groups -OCH3 is 1. The second kappa shape index (κ2) is 5.55. The zero-order valence-electron chi connectivity index (χ0n) is 9.76. The molecular formula is C12H12ClN3O2. The molecule has 2 aromatic rings. The average Bonchev–Trinajstić information content (AvgIpc) is 2.76. The first-order chi connectivity index (χ1) is 8.69. The normalized spacial score (nSPS) is 10.1. The molecule has 0 unspecified atom stereocenters. The number of nitrogens with zero attached hydrogens (tertiary/aromatic N) is 2. The number of aromatic nitrogens is 2. The Balaban J connectivity index is 1.96. The fourth-order valence-electron chi connectivity index (χ4n) is 1.46. The summed E-state index contributed by atoms with van der Waals surface area (Å²) >= 11 is 5.78. The number of amides is 1. The standard InChI is InChI=1S/C12H12ClN3O2/c1-18-10-4-2-9(3-5-10)15-11(17)8-16-7-6-14-12(16)13/h2-7H,8H2,1H3,(H,15,17). The summed E-state index contributed by atoms with van der Waals surface area (Å²) in [7, 11) is 1.59. The summed E-state index contributed by atoms with van der Waals surface area (Å²) in [6.07, 6.45) is 3.19. The topological polar surface area (TPSA) is 56.1 Å². The Morgan fingerprint density at radius 2 is 2.17 bits per heavy atom. The van der Waals surface area contributed by atoms with Crippen molar-refractivity contribution in [3.63, 3.8) is 0 Å². The van der Waals surface area contributed by atoms with E-state index in [1.54, 1.807) is 48.3 Å². The summed E-state index contributed by atoms with van der Waals surface area (Å²) in [6, 6.07) is 7.10. The Kier molecular flexibility index (Phi) is 3.84.